The van der Waals surface area contributed by atoms with E-state index in [1.807, 2.05) is 32.0 Å². The Balaban J connectivity index is 1.79. The lowest BCUT2D eigenvalue weighted by Gasteiger charge is -2.09. The fourth-order valence-corrected chi connectivity index (χ4v) is 2.10. The zero-order chi connectivity index (χ0) is 17.1. The van der Waals surface area contributed by atoms with Crippen molar-refractivity contribution < 1.29 is 8.78 Å². The lowest BCUT2D eigenvalue weighted by Crippen LogP contribution is -2.03. The molecule has 2 N–H and O–H groups in total. The summed E-state index contributed by atoms with van der Waals surface area (Å²) in [4.78, 5) is 4.22. The van der Waals surface area contributed by atoms with Crippen molar-refractivity contribution in [1.29, 1.82) is 0 Å². The van der Waals surface area contributed by atoms with Gasteiger partial charge < -0.3 is 10.6 Å². The van der Waals surface area contributed by atoms with Gasteiger partial charge in [-0.15, -0.1) is 5.10 Å². The van der Waals surface area contributed by atoms with Crippen LogP contribution in [0.3, 0.4) is 0 Å². The number of aromatic nitrogens is 3. The Kier molecular flexibility index (Phi) is 4.33. The van der Waals surface area contributed by atoms with Crippen molar-refractivity contribution in [1.82, 2.24) is 15.2 Å². The van der Waals surface area contributed by atoms with Gasteiger partial charge in [0.15, 0.2) is 5.82 Å². The van der Waals surface area contributed by atoms with E-state index in [9.17, 15) is 8.78 Å². The summed E-state index contributed by atoms with van der Waals surface area (Å²) < 4.78 is 26.6. The van der Waals surface area contributed by atoms with Crippen molar-refractivity contribution in [3.63, 3.8) is 0 Å². The first-order chi connectivity index (χ1) is 11.5. The second kappa shape index (κ2) is 6.57. The van der Waals surface area contributed by atoms with Gasteiger partial charge in [-0.25, -0.2) is 8.78 Å². The van der Waals surface area contributed by atoms with Gasteiger partial charge in [0, 0.05) is 11.8 Å². The van der Waals surface area contributed by atoms with E-state index in [-0.39, 0.29) is 11.6 Å². The van der Waals surface area contributed by atoms with Crippen LogP contribution in [0.1, 0.15) is 11.1 Å². The van der Waals surface area contributed by atoms with Gasteiger partial charge in [0.2, 0.25) is 5.95 Å². The molecule has 5 nitrogen and oxygen atoms in total. The van der Waals surface area contributed by atoms with E-state index >= 15 is 0 Å². The summed E-state index contributed by atoms with van der Waals surface area (Å²) in [7, 11) is 0. The number of anilines is 4. The SMILES string of the molecule is Cc1ccc(Nc2cnnc(Nc3ccc(F)cc3F)n2)cc1C. The van der Waals surface area contributed by atoms with Gasteiger partial charge >= 0.3 is 0 Å². The third-order valence-corrected chi connectivity index (χ3v) is 3.52. The predicted octanol–water partition coefficient (Wildman–Crippen LogP) is 4.25. The number of benzene rings is 2. The lowest BCUT2D eigenvalue weighted by atomic mass is 10.1. The minimum Gasteiger partial charge on any atom is -0.339 e. The minimum absolute atomic E-state index is 0.0709. The highest BCUT2D eigenvalue weighted by atomic mass is 19.1. The van der Waals surface area contributed by atoms with Crippen LogP contribution in [-0.2, 0) is 0 Å². The molecule has 0 amide bonds. The van der Waals surface area contributed by atoms with Gasteiger partial charge in [0.1, 0.15) is 11.6 Å². The highest BCUT2D eigenvalue weighted by molar-refractivity contribution is 5.60. The van der Waals surface area contributed by atoms with Gasteiger partial charge in [0.05, 0.1) is 11.9 Å². The Labute approximate surface area is 137 Å². The number of hydrogen-bond donors (Lipinski definition) is 2. The van der Waals surface area contributed by atoms with Crippen molar-refractivity contribution >= 4 is 23.1 Å². The topological polar surface area (TPSA) is 62.7 Å². The molecule has 0 unspecified atom stereocenters. The molecule has 122 valence electrons. The largest absolute Gasteiger partial charge is 0.339 e. The van der Waals surface area contributed by atoms with E-state index in [4.69, 9.17) is 0 Å². The normalized spacial score (nSPS) is 10.5. The highest BCUT2D eigenvalue weighted by Crippen LogP contribution is 2.21. The fraction of sp³-hybridized carbons (Fsp3) is 0.118. The Morgan fingerprint density at radius 1 is 0.917 bits per heavy atom. The highest BCUT2D eigenvalue weighted by Gasteiger charge is 2.07. The molecule has 0 aliphatic carbocycles. The molecular weight excluding hydrogens is 312 g/mol. The molecular formula is C17H15F2N5. The second-order valence-electron chi connectivity index (χ2n) is 5.34. The summed E-state index contributed by atoms with van der Waals surface area (Å²) in [6.07, 6.45) is 1.46. The monoisotopic (exact) mass is 327 g/mol. The van der Waals surface area contributed by atoms with Crippen LogP contribution >= 0.6 is 0 Å². The third-order valence-electron chi connectivity index (χ3n) is 3.52. The maximum atomic E-state index is 13.7. The van der Waals surface area contributed by atoms with Crippen molar-refractivity contribution in [2.24, 2.45) is 0 Å². The van der Waals surface area contributed by atoms with Crippen molar-refractivity contribution in [3.8, 4) is 0 Å². The maximum Gasteiger partial charge on any atom is 0.249 e. The van der Waals surface area contributed by atoms with E-state index in [1.54, 1.807) is 0 Å². The Morgan fingerprint density at radius 3 is 2.50 bits per heavy atom. The van der Waals surface area contributed by atoms with Gasteiger partial charge in [-0.05, 0) is 49.2 Å². The van der Waals surface area contributed by atoms with E-state index in [0.717, 1.165) is 23.4 Å². The Morgan fingerprint density at radius 2 is 1.75 bits per heavy atom. The van der Waals surface area contributed by atoms with Crippen LogP contribution in [0.4, 0.5) is 31.9 Å². The quantitative estimate of drug-likeness (QED) is 0.750. The molecule has 2 aromatic carbocycles. The van der Waals surface area contributed by atoms with Crippen molar-refractivity contribution in [2.45, 2.75) is 13.8 Å². The average molecular weight is 327 g/mol. The molecule has 1 aromatic heterocycles. The van der Waals surface area contributed by atoms with Crippen LogP contribution < -0.4 is 10.6 Å². The van der Waals surface area contributed by atoms with E-state index < -0.39 is 11.6 Å². The number of hydrogen-bond acceptors (Lipinski definition) is 5. The third kappa shape index (κ3) is 3.62. The van der Waals surface area contributed by atoms with Gasteiger partial charge in [-0.1, -0.05) is 6.07 Å². The van der Waals surface area contributed by atoms with E-state index in [2.05, 4.69) is 25.8 Å². The molecule has 0 saturated heterocycles. The van der Waals surface area contributed by atoms with Crippen LogP contribution in [0.25, 0.3) is 0 Å². The summed E-state index contributed by atoms with van der Waals surface area (Å²) in [6.45, 7) is 4.05. The molecule has 0 atom stereocenters. The molecule has 0 saturated carbocycles. The number of halogens is 2. The van der Waals surface area contributed by atoms with Crippen LogP contribution in [0.15, 0.2) is 42.6 Å². The summed E-state index contributed by atoms with van der Waals surface area (Å²) in [5.41, 5.74) is 3.27. The van der Waals surface area contributed by atoms with Gasteiger partial charge in [-0.3, -0.25) is 0 Å². The van der Waals surface area contributed by atoms with Crippen LogP contribution in [0, 0.1) is 25.5 Å². The van der Waals surface area contributed by atoms with E-state index in [0.29, 0.717) is 5.82 Å². The van der Waals surface area contributed by atoms with Gasteiger partial charge in [0.25, 0.3) is 0 Å². The number of rotatable bonds is 4. The minimum atomic E-state index is -0.730. The summed E-state index contributed by atoms with van der Waals surface area (Å²) >= 11 is 0. The molecule has 0 aliphatic rings. The molecule has 0 aliphatic heterocycles. The van der Waals surface area contributed by atoms with Crippen molar-refractivity contribution in [2.75, 3.05) is 10.6 Å². The summed E-state index contributed by atoms with van der Waals surface area (Å²) in [5, 5.41) is 13.4. The van der Waals surface area contributed by atoms with E-state index in [1.165, 1.54) is 17.8 Å². The fourth-order valence-electron chi connectivity index (χ4n) is 2.10. The van der Waals surface area contributed by atoms with Crippen LogP contribution in [0.2, 0.25) is 0 Å². The molecule has 3 aromatic rings. The zero-order valence-corrected chi connectivity index (χ0v) is 13.1. The molecule has 3 rings (SSSR count). The van der Waals surface area contributed by atoms with Gasteiger partial charge in [-0.2, -0.15) is 10.1 Å². The molecule has 0 bridgehead atoms. The first-order valence-electron chi connectivity index (χ1n) is 7.27. The first kappa shape index (κ1) is 15.8. The maximum absolute atomic E-state index is 13.7. The molecule has 0 fully saturated rings. The molecule has 1 heterocycles. The second-order valence-corrected chi connectivity index (χ2v) is 5.34. The number of aryl methyl sites for hydroxylation is 2. The smallest absolute Gasteiger partial charge is 0.249 e. The molecule has 7 heteroatoms. The number of nitrogens with one attached hydrogen (secondary N) is 2. The average Bonchev–Trinajstić information content (AvgIpc) is 2.54. The zero-order valence-electron chi connectivity index (χ0n) is 13.1. The number of nitrogens with zero attached hydrogens (tertiary/aromatic N) is 3. The predicted molar refractivity (Wildman–Crippen MR) is 88.7 cm³/mol. The Hall–Kier alpha value is -3.09. The molecule has 24 heavy (non-hydrogen) atoms. The Bertz CT molecular complexity index is 883. The van der Waals surface area contributed by atoms with Crippen LogP contribution in [0.5, 0.6) is 0 Å². The standard InChI is InChI=1S/C17H15F2N5/c1-10-3-5-13(7-11(10)2)21-16-9-20-24-17(23-16)22-15-6-4-12(18)8-14(15)19/h3-9H,1-2H3,(H2,21,22,23,24). The first-order valence-corrected chi connectivity index (χ1v) is 7.27. The molecule has 0 radical (unpaired) electrons. The van der Waals surface area contributed by atoms with Crippen LogP contribution in [-0.4, -0.2) is 15.2 Å². The van der Waals surface area contributed by atoms with Crippen molar-refractivity contribution in [3.05, 3.63) is 65.4 Å². The summed E-state index contributed by atoms with van der Waals surface area (Å²) in [6, 6.07) is 9.13. The molecule has 0 spiro atoms. The summed E-state index contributed by atoms with van der Waals surface area (Å²) in [5.74, 6) is -0.819. The lowest BCUT2D eigenvalue weighted by molar-refractivity contribution is 0.586.